The number of rotatable bonds is 6. The zero-order valence-corrected chi connectivity index (χ0v) is 13.8. The number of amides is 1. The molecule has 0 aliphatic rings. The summed E-state index contributed by atoms with van der Waals surface area (Å²) in [6.07, 6.45) is -3.76. The van der Waals surface area contributed by atoms with Gasteiger partial charge < -0.3 is 14.2 Å². The van der Waals surface area contributed by atoms with E-state index in [9.17, 15) is 18.0 Å². The molecule has 25 heavy (non-hydrogen) atoms. The molecule has 2 rings (SSSR count). The van der Waals surface area contributed by atoms with Crippen molar-refractivity contribution in [1.82, 2.24) is 15.0 Å². The first-order chi connectivity index (χ1) is 11.8. The first kappa shape index (κ1) is 18.8. The summed E-state index contributed by atoms with van der Waals surface area (Å²) in [4.78, 5) is 17.0. The van der Waals surface area contributed by atoms with Crippen LogP contribution in [0.3, 0.4) is 0 Å². The van der Waals surface area contributed by atoms with Crippen LogP contribution in [0, 0.1) is 0 Å². The van der Waals surface area contributed by atoms with E-state index in [0.717, 1.165) is 12.1 Å². The number of halogens is 3. The van der Waals surface area contributed by atoms with E-state index in [0.29, 0.717) is 37.4 Å². The van der Waals surface area contributed by atoms with Crippen molar-refractivity contribution >= 4 is 6.09 Å². The Kier molecular flexibility index (Phi) is 6.00. The van der Waals surface area contributed by atoms with Crippen molar-refractivity contribution in [2.24, 2.45) is 0 Å². The third-order valence-corrected chi connectivity index (χ3v) is 3.40. The number of carbonyl (C=O) groups is 1. The summed E-state index contributed by atoms with van der Waals surface area (Å²) in [5.74, 6) is 0.578. The topological polar surface area (TPSA) is 68.5 Å². The van der Waals surface area contributed by atoms with E-state index in [4.69, 9.17) is 9.26 Å². The maximum atomic E-state index is 12.5. The highest BCUT2D eigenvalue weighted by Crippen LogP contribution is 2.30. The van der Waals surface area contributed by atoms with Gasteiger partial charge in [0.25, 0.3) is 0 Å². The SMILES string of the molecule is CCOC(=O)N(C)CCCc1nc(-c2ccc(C(F)(F)F)cc2)no1. The largest absolute Gasteiger partial charge is 0.450 e. The Morgan fingerprint density at radius 3 is 2.56 bits per heavy atom. The van der Waals surface area contributed by atoms with E-state index >= 15 is 0 Å². The number of carbonyl (C=O) groups excluding carboxylic acids is 1. The number of nitrogens with zero attached hydrogens (tertiary/aromatic N) is 3. The van der Waals surface area contributed by atoms with Crippen molar-refractivity contribution in [2.45, 2.75) is 25.9 Å². The van der Waals surface area contributed by atoms with Crippen molar-refractivity contribution in [3.63, 3.8) is 0 Å². The molecule has 9 heteroatoms. The van der Waals surface area contributed by atoms with Gasteiger partial charge in [0.05, 0.1) is 12.2 Å². The average Bonchev–Trinajstić information content (AvgIpc) is 3.03. The highest BCUT2D eigenvalue weighted by Gasteiger charge is 2.30. The summed E-state index contributed by atoms with van der Waals surface area (Å²) in [7, 11) is 1.62. The van der Waals surface area contributed by atoms with Crippen LogP contribution in [0.15, 0.2) is 28.8 Å². The lowest BCUT2D eigenvalue weighted by Gasteiger charge is -2.15. The van der Waals surface area contributed by atoms with Gasteiger partial charge in [-0.05, 0) is 25.5 Å². The highest BCUT2D eigenvalue weighted by atomic mass is 19.4. The fourth-order valence-electron chi connectivity index (χ4n) is 2.07. The van der Waals surface area contributed by atoms with Gasteiger partial charge in [-0.15, -0.1) is 0 Å². The van der Waals surface area contributed by atoms with Crippen LogP contribution in [0.4, 0.5) is 18.0 Å². The number of aryl methyl sites for hydroxylation is 1. The molecule has 0 atom stereocenters. The first-order valence-electron chi connectivity index (χ1n) is 7.69. The predicted molar refractivity (Wildman–Crippen MR) is 82.7 cm³/mol. The fraction of sp³-hybridized carbons (Fsp3) is 0.438. The third-order valence-electron chi connectivity index (χ3n) is 3.40. The Bertz CT molecular complexity index is 699. The van der Waals surface area contributed by atoms with E-state index in [2.05, 4.69) is 10.1 Å². The molecule has 1 aromatic heterocycles. The van der Waals surface area contributed by atoms with Crippen LogP contribution in [-0.2, 0) is 17.3 Å². The monoisotopic (exact) mass is 357 g/mol. The van der Waals surface area contributed by atoms with E-state index in [-0.39, 0.29) is 5.82 Å². The Morgan fingerprint density at radius 2 is 1.96 bits per heavy atom. The molecular formula is C16H18F3N3O3. The van der Waals surface area contributed by atoms with Crippen LogP contribution in [-0.4, -0.2) is 41.3 Å². The summed E-state index contributed by atoms with van der Waals surface area (Å²) in [6.45, 7) is 2.49. The number of hydrogen-bond donors (Lipinski definition) is 0. The standard InChI is InChI=1S/C16H18F3N3O3/c1-3-24-15(23)22(2)10-4-5-13-20-14(21-25-13)11-6-8-12(9-7-11)16(17,18)19/h6-9H,3-5,10H2,1-2H3. The summed E-state index contributed by atoms with van der Waals surface area (Å²) in [5.41, 5.74) is -0.298. The number of hydrogen-bond acceptors (Lipinski definition) is 5. The maximum absolute atomic E-state index is 12.5. The third kappa shape index (κ3) is 5.20. The van der Waals surface area contributed by atoms with Gasteiger partial charge in [0.1, 0.15) is 0 Å². The summed E-state index contributed by atoms with van der Waals surface area (Å²) < 4.78 is 47.6. The molecule has 1 heterocycles. The molecule has 0 saturated carbocycles. The summed E-state index contributed by atoms with van der Waals surface area (Å²) >= 11 is 0. The van der Waals surface area contributed by atoms with Crippen LogP contribution >= 0.6 is 0 Å². The molecule has 0 aliphatic heterocycles. The van der Waals surface area contributed by atoms with Crippen LogP contribution in [0.25, 0.3) is 11.4 Å². The minimum absolute atomic E-state index is 0.225. The fourth-order valence-corrected chi connectivity index (χ4v) is 2.07. The van der Waals surface area contributed by atoms with Crippen molar-refractivity contribution in [3.8, 4) is 11.4 Å². The molecule has 0 radical (unpaired) electrons. The van der Waals surface area contributed by atoms with Gasteiger partial charge in [-0.2, -0.15) is 18.2 Å². The van der Waals surface area contributed by atoms with Crippen molar-refractivity contribution in [2.75, 3.05) is 20.2 Å². The molecule has 136 valence electrons. The lowest BCUT2D eigenvalue weighted by molar-refractivity contribution is -0.137. The number of benzene rings is 1. The van der Waals surface area contributed by atoms with E-state index in [1.165, 1.54) is 17.0 Å². The van der Waals surface area contributed by atoms with Crippen molar-refractivity contribution in [1.29, 1.82) is 0 Å². The van der Waals surface area contributed by atoms with E-state index < -0.39 is 17.8 Å². The maximum Gasteiger partial charge on any atom is 0.416 e. The zero-order valence-electron chi connectivity index (χ0n) is 13.8. The van der Waals surface area contributed by atoms with Gasteiger partial charge in [-0.25, -0.2) is 4.79 Å². The Balaban J connectivity index is 1.91. The summed E-state index contributed by atoms with van der Waals surface area (Å²) in [6, 6.07) is 4.54. The second kappa shape index (κ2) is 8.00. The summed E-state index contributed by atoms with van der Waals surface area (Å²) in [5, 5.41) is 3.77. The number of alkyl halides is 3. The molecule has 1 aromatic carbocycles. The Morgan fingerprint density at radius 1 is 1.28 bits per heavy atom. The van der Waals surface area contributed by atoms with Gasteiger partial charge in [-0.3, -0.25) is 0 Å². The Hall–Kier alpha value is -2.58. The second-order valence-corrected chi connectivity index (χ2v) is 5.31. The molecule has 6 nitrogen and oxygen atoms in total. The molecule has 0 aliphatic carbocycles. The van der Waals surface area contributed by atoms with Gasteiger partial charge in [0, 0.05) is 25.6 Å². The lowest BCUT2D eigenvalue weighted by Crippen LogP contribution is -2.28. The zero-order chi connectivity index (χ0) is 18.4. The molecule has 0 saturated heterocycles. The number of ether oxygens (including phenoxy) is 1. The quantitative estimate of drug-likeness (QED) is 0.787. The van der Waals surface area contributed by atoms with Crippen molar-refractivity contribution < 1.29 is 27.2 Å². The first-order valence-corrected chi connectivity index (χ1v) is 7.69. The molecule has 0 unspecified atom stereocenters. The predicted octanol–water partition coefficient (Wildman–Crippen LogP) is 3.78. The normalized spacial score (nSPS) is 11.4. The molecule has 1 amide bonds. The highest BCUT2D eigenvalue weighted by molar-refractivity contribution is 5.67. The number of aromatic nitrogens is 2. The van der Waals surface area contributed by atoms with Crippen LogP contribution in [0.5, 0.6) is 0 Å². The van der Waals surface area contributed by atoms with Crippen LogP contribution in [0.1, 0.15) is 24.8 Å². The van der Waals surface area contributed by atoms with Gasteiger partial charge >= 0.3 is 12.3 Å². The lowest BCUT2D eigenvalue weighted by atomic mass is 10.1. The molecule has 0 spiro atoms. The van der Waals surface area contributed by atoms with Gasteiger partial charge in [-0.1, -0.05) is 17.3 Å². The molecule has 0 fully saturated rings. The average molecular weight is 357 g/mol. The van der Waals surface area contributed by atoms with Gasteiger partial charge in [0.2, 0.25) is 11.7 Å². The van der Waals surface area contributed by atoms with Gasteiger partial charge in [0.15, 0.2) is 0 Å². The molecular weight excluding hydrogens is 339 g/mol. The van der Waals surface area contributed by atoms with Crippen LogP contribution < -0.4 is 0 Å². The van der Waals surface area contributed by atoms with E-state index in [1.54, 1.807) is 14.0 Å². The van der Waals surface area contributed by atoms with E-state index in [1.807, 2.05) is 0 Å². The van der Waals surface area contributed by atoms with Crippen molar-refractivity contribution in [3.05, 3.63) is 35.7 Å². The molecule has 0 bridgehead atoms. The Labute approximate surface area is 142 Å². The minimum atomic E-state index is -4.38. The van der Waals surface area contributed by atoms with Crippen LogP contribution in [0.2, 0.25) is 0 Å². The molecule has 0 N–H and O–H groups in total. The molecule has 2 aromatic rings. The smallest absolute Gasteiger partial charge is 0.416 e. The minimum Gasteiger partial charge on any atom is -0.450 e. The second-order valence-electron chi connectivity index (χ2n) is 5.31.